The highest BCUT2D eigenvalue weighted by atomic mass is 16.5. The van der Waals surface area contributed by atoms with Crippen molar-refractivity contribution in [2.24, 2.45) is 0 Å². The van der Waals surface area contributed by atoms with Gasteiger partial charge in [0.05, 0.1) is 22.4 Å². The van der Waals surface area contributed by atoms with E-state index in [1.54, 1.807) is 6.07 Å². The van der Waals surface area contributed by atoms with Gasteiger partial charge in [0.25, 0.3) is 11.8 Å². The summed E-state index contributed by atoms with van der Waals surface area (Å²) in [5.41, 5.74) is 4.04. The number of anilines is 1. The summed E-state index contributed by atoms with van der Waals surface area (Å²) in [6, 6.07) is 19.4. The quantitative estimate of drug-likeness (QED) is 0.491. The minimum absolute atomic E-state index is 0.137. The van der Waals surface area contributed by atoms with Gasteiger partial charge in [-0.1, -0.05) is 48.0 Å². The van der Waals surface area contributed by atoms with Gasteiger partial charge in [-0.3, -0.25) is 9.59 Å². The lowest BCUT2D eigenvalue weighted by molar-refractivity contribution is 0.0472. The summed E-state index contributed by atoms with van der Waals surface area (Å²) < 4.78 is 5.33. The molecule has 0 unspecified atom stereocenters. The number of rotatable bonds is 4. The third-order valence-electron chi connectivity index (χ3n) is 4.93. The Morgan fingerprint density at radius 3 is 2.31 bits per heavy atom. The van der Waals surface area contributed by atoms with Gasteiger partial charge in [0.15, 0.2) is 0 Å². The van der Waals surface area contributed by atoms with Crippen molar-refractivity contribution in [2.45, 2.75) is 20.5 Å². The number of hydrogen-bond acceptors (Lipinski definition) is 4. The molecule has 1 aliphatic rings. The third kappa shape index (κ3) is 3.43. The standard InChI is InChI=1S/C24H19NO4/c1-15-8-11-21(16(2)12-15)25-22(26)19-10-9-18(13-20(19)23(25)27)24(28)29-14-17-6-4-3-5-7-17/h3-13H,14H2,1-2H3. The minimum atomic E-state index is -0.540. The van der Waals surface area contributed by atoms with Crippen molar-refractivity contribution in [1.82, 2.24) is 0 Å². The first-order chi connectivity index (χ1) is 14.0. The van der Waals surface area contributed by atoms with E-state index in [-0.39, 0.29) is 29.2 Å². The Morgan fingerprint density at radius 1 is 0.862 bits per heavy atom. The molecule has 0 N–H and O–H groups in total. The maximum absolute atomic E-state index is 13.0. The molecule has 0 spiro atoms. The summed E-state index contributed by atoms with van der Waals surface area (Å²) in [4.78, 5) is 39.4. The Labute approximate surface area is 168 Å². The molecule has 0 saturated carbocycles. The molecule has 0 atom stereocenters. The number of amides is 2. The second kappa shape index (κ2) is 7.36. The van der Waals surface area contributed by atoms with Crippen molar-refractivity contribution < 1.29 is 19.1 Å². The van der Waals surface area contributed by atoms with E-state index in [1.165, 1.54) is 23.1 Å². The summed E-state index contributed by atoms with van der Waals surface area (Å²) in [7, 11) is 0. The number of imide groups is 1. The van der Waals surface area contributed by atoms with Gasteiger partial charge in [-0.25, -0.2) is 9.69 Å². The molecule has 5 nitrogen and oxygen atoms in total. The van der Waals surface area contributed by atoms with Crippen LogP contribution in [0.3, 0.4) is 0 Å². The van der Waals surface area contributed by atoms with Crippen LogP contribution in [0, 0.1) is 13.8 Å². The third-order valence-corrected chi connectivity index (χ3v) is 4.93. The number of benzene rings is 3. The fourth-order valence-electron chi connectivity index (χ4n) is 3.45. The average molecular weight is 385 g/mol. The van der Waals surface area contributed by atoms with Crippen LogP contribution in [-0.4, -0.2) is 17.8 Å². The lowest BCUT2D eigenvalue weighted by Crippen LogP contribution is -2.30. The monoisotopic (exact) mass is 385 g/mol. The molecule has 5 heteroatoms. The molecule has 1 heterocycles. The van der Waals surface area contributed by atoms with Crippen molar-refractivity contribution in [3.63, 3.8) is 0 Å². The molecule has 0 fully saturated rings. The van der Waals surface area contributed by atoms with Crippen LogP contribution in [0.5, 0.6) is 0 Å². The van der Waals surface area contributed by atoms with Gasteiger partial charge in [0, 0.05) is 0 Å². The SMILES string of the molecule is Cc1ccc(N2C(=O)c3ccc(C(=O)OCc4ccccc4)cc3C2=O)c(C)c1. The van der Waals surface area contributed by atoms with Crippen LogP contribution in [-0.2, 0) is 11.3 Å². The number of nitrogens with zero attached hydrogens (tertiary/aromatic N) is 1. The molecule has 3 aromatic rings. The second-order valence-electron chi connectivity index (χ2n) is 7.06. The normalized spacial score (nSPS) is 12.8. The predicted molar refractivity (Wildman–Crippen MR) is 109 cm³/mol. The van der Waals surface area contributed by atoms with Crippen LogP contribution >= 0.6 is 0 Å². The minimum Gasteiger partial charge on any atom is -0.457 e. The Hall–Kier alpha value is -3.73. The van der Waals surface area contributed by atoms with Gasteiger partial charge < -0.3 is 4.74 Å². The number of fused-ring (bicyclic) bond motifs is 1. The van der Waals surface area contributed by atoms with Gasteiger partial charge >= 0.3 is 5.97 Å². The smallest absolute Gasteiger partial charge is 0.338 e. The second-order valence-corrected chi connectivity index (χ2v) is 7.06. The van der Waals surface area contributed by atoms with Crippen LogP contribution in [0.2, 0.25) is 0 Å². The highest BCUT2D eigenvalue weighted by Gasteiger charge is 2.37. The Balaban J connectivity index is 1.59. The molecule has 1 aliphatic heterocycles. The molecule has 0 aliphatic carbocycles. The number of esters is 1. The van der Waals surface area contributed by atoms with E-state index < -0.39 is 11.9 Å². The molecule has 0 saturated heterocycles. The zero-order valence-electron chi connectivity index (χ0n) is 16.1. The van der Waals surface area contributed by atoms with Crippen LogP contribution in [0.15, 0.2) is 66.7 Å². The van der Waals surface area contributed by atoms with Crippen LogP contribution in [0.25, 0.3) is 0 Å². The molecule has 2 amide bonds. The molecule has 0 bridgehead atoms. The Morgan fingerprint density at radius 2 is 1.59 bits per heavy atom. The van der Waals surface area contributed by atoms with Crippen molar-refractivity contribution >= 4 is 23.5 Å². The molecule has 29 heavy (non-hydrogen) atoms. The summed E-state index contributed by atoms with van der Waals surface area (Å²) in [5, 5.41) is 0. The van der Waals surface area contributed by atoms with Gasteiger partial charge in [0.2, 0.25) is 0 Å². The van der Waals surface area contributed by atoms with E-state index in [4.69, 9.17) is 4.74 Å². The van der Waals surface area contributed by atoms with E-state index in [9.17, 15) is 14.4 Å². The largest absolute Gasteiger partial charge is 0.457 e. The molecular weight excluding hydrogens is 366 g/mol. The summed E-state index contributed by atoms with van der Waals surface area (Å²) >= 11 is 0. The molecule has 0 radical (unpaired) electrons. The first-order valence-corrected chi connectivity index (χ1v) is 9.27. The van der Waals surface area contributed by atoms with Crippen LogP contribution < -0.4 is 4.90 Å². The summed E-state index contributed by atoms with van der Waals surface area (Å²) in [5.74, 6) is -1.36. The van der Waals surface area contributed by atoms with E-state index >= 15 is 0 Å². The molecule has 3 aromatic carbocycles. The topological polar surface area (TPSA) is 63.7 Å². The number of hydrogen-bond donors (Lipinski definition) is 0. The lowest BCUT2D eigenvalue weighted by Gasteiger charge is -2.16. The number of carbonyl (C=O) groups is 3. The van der Waals surface area contributed by atoms with Crippen molar-refractivity contribution in [2.75, 3.05) is 4.90 Å². The highest BCUT2D eigenvalue weighted by molar-refractivity contribution is 6.34. The molecular formula is C24H19NO4. The lowest BCUT2D eigenvalue weighted by atomic mass is 10.1. The number of carbonyl (C=O) groups excluding carboxylic acids is 3. The zero-order chi connectivity index (χ0) is 20.5. The predicted octanol–water partition coefficient (Wildman–Crippen LogP) is 4.46. The Kier molecular flexibility index (Phi) is 4.72. The maximum Gasteiger partial charge on any atom is 0.338 e. The maximum atomic E-state index is 13.0. The average Bonchev–Trinajstić information content (AvgIpc) is 2.97. The van der Waals surface area contributed by atoms with E-state index in [0.29, 0.717) is 5.69 Å². The van der Waals surface area contributed by atoms with Crippen LogP contribution in [0.1, 0.15) is 47.8 Å². The fourth-order valence-corrected chi connectivity index (χ4v) is 3.45. The van der Waals surface area contributed by atoms with E-state index in [2.05, 4.69) is 0 Å². The van der Waals surface area contributed by atoms with Gasteiger partial charge in [0.1, 0.15) is 6.61 Å². The molecule has 0 aromatic heterocycles. The molecule has 4 rings (SSSR count). The Bertz CT molecular complexity index is 1130. The van der Waals surface area contributed by atoms with E-state index in [1.807, 2.05) is 56.3 Å². The number of aryl methyl sites for hydroxylation is 2. The first-order valence-electron chi connectivity index (χ1n) is 9.27. The zero-order valence-corrected chi connectivity index (χ0v) is 16.1. The van der Waals surface area contributed by atoms with Crippen molar-refractivity contribution in [3.05, 3.63) is 100 Å². The van der Waals surface area contributed by atoms with Gasteiger partial charge in [-0.15, -0.1) is 0 Å². The van der Waals surface area contributed by atoms with Gasteiger partial charge in [-0.05, 0) is 49.2 Å². The van der Waals surface area contributed by atoms with Crippen LogP contribution in [0.4, 0.5) is 5.69 Å². The van der Waals surface area contributed by atoms with E-state index in [0.717, 1.165) is 16.7 Å². The van der Waals surface area contributed by atoms with Crippen molar-refractivity contribution in [1.29, 1.82) is 0 Å². The summed E-state index contributed by atoms with van der Waals surface area (Å²) in [6.07, 6.45) is 0. The fraction of sp³-hybridized carbons (Fsp3) is 0.125. The summed E-state index contributed by atoms with van der Waals surface area (Å²) in [6.45, 7) is 3.95. The first kappa shape index (κ1) is 18.6. The van der Waals surface area contributed by atoms with Gasteiger partial charge in [-0.2, -0.15) is 0 Å². The highest BCUT2D eigenvalue weighted by Crippen LogP contribution is 2.31. The number of ether oxygens (including phenoxy) is 1. The van der Waals surface area contributed by atoms with Crippen molar-refractivity contribution in [3.8, 4) is 0 Å². The molecule has 144 valence electrons.